The molecule has 32 heavy (non-hydrogen) atoms. The summed E-state index contributed by atoms with van der Waals surface area (Å²) in [5, 5.41) is 15.3. The Bertz CT molecular complexity index is 1120. The van der Waals surface area contributed by atoms with E-state index in [1.54, 1.807) is 30.3 Å². The van der Waals surface area contributed by atoms with Gasteiger partial charge in [-0.25, -0.2) is 8.42 Å². The van der Waals surface area contributed by atoms with Crippen molar-refractivity contribution in [2.24, 2.45) is 0 Å². The van der Waals surface area contributed by atoms with Crippen LogP contribution in [0.15, 0.2) is 47.4 Å². The van der Waals surface area contributed by atoms with Crippen LogP contribution >= 0.6 is 0 Å². The molecule has 1 amide bonds. The fourth-order valence-electron chi connectivity index (χ4n) is 4.15. The molecule has 169 valence electrons. The number of amides is 1. The first kappa shape index (κ1) is 22.6. The molecule has 9 heteroatoms. The van der Waals surface area contributed by atoms with Gasteiger partial charge >= 0.3 is 0 Å². The summed E-state index contributed by atoms with van der Waals surface area (Å²) in [6.07, 6.45) is 0.784. The molecule has 0 saturated carbocycles. The smallest absolute Gasteiger partial charge is 0.243 e. The van der Waals surface area contributed by atoms with E-state index >= 15 is 0 Å². The fraction of sp³-hybridized carbons (Fsp3) is 0.391. The van der Waals surface area contributed by atoms with E-state index in [0.717, 1.165) is 5.56 Å². The highest BCUT2D eigenvalue weighted by atomic mass is 32.2. The minimum absolute atomic E-state index is 0.166. The van der Waals surface area contributed by atoms with Gasteiger partial charge in [-0.05, 0) is 56.5 Å². The second-order valence-corrected chi connectivity index (χ2v) is 10.2. The number of anilines is 1. The van der Waals surface area contributed by atoms with Gasteiger partial charge in [-0.15, -0.1) is 0 Å². The van der Waals surface area contributed by atoms with Crippen molar-refractivity contribution in [2.45, 2.75) is 49.3 Å². The molecule has 1 unspecified atom stereocenters. The molecule has 0 aliphatic carbocycles. The molecular formula is C23H26N3O5S. The third kappa shape index (κ3) is 4.61. The van der Waals surface area contributed by atoms with Gasteiger partial charge in [0.25, 0.3) is 0 Å². The molecule has 3 atom stereocenters. The third-order valence-electron chi connectivity index (χ3n) is 5.89. The number of β-amino-alcohol motifs (C(OH)–C–C–N with tert-alkyl or cyclic N) is 1. The van der Waals surface area contributed by atoms with E-state index in [-0.39, 0.29) is 28.7 Å². The number of aliphatic hydroxyl groups is 1. The van der Waals surface area contributed by atoms with Crippen LogP contribution in [0, 0.1) is 13.0 Å². The normalized spacial score (nSPS) is 23.9. The van der Waals surface area contributed by atoms with Crippen molar-refractivity contribution < 1.29 is 23.1 Å². The van der Waals surface area contributed by atoms with E-state index in [4.69, 9.17) is 0 Å². The zero-order valence-corrected chi connectivity index (χ0v) is 18.6. The number of ketones is 1. The number of aliphatic hydroxyl groups excluding tert-OH is 1. The maximum atomic E-state index is 13.2. The predicted octanol–water partition coefficient (Wildman–Crippen LogP) is 1.49. The number of rotatable bonds is 6. The van der Waals surface area contributed by atoms with Crippen LogP contribution in [0.1, 0.15) is 35.2 Å². The molecule has 2 saturated heterocycles. The molecular weight excluding hydrogens is 430 g/mol. The lowest BCUT2D eigenvalue weighted by molar-refractivity contribution is -0.117. The van der Waals surface area contributed by atoms with Crippen molar-refractivity contribution >= 4 is 27.4 Å². The van der Waals surface area contributed by atoms with Gasteiger partial charge in [0, 0.05) is 24.3 Å². The van der Waals surface area contributed by atoms with Crippen molar-refractivity contribution in [3.8, 4) is 0 Å². The average Bonchev–Trinajstić information content (AvgIpc) is 3.43. The first-order valence-corrected chi connectivity index (χ1v) is 12.1. The van der Waals surface area contributed by atoms with Crippen LogP contribution in [0.5, 0.6) is 0 Å². The second kappa shape index (κ2) is 9.11. The van der Waals surface area contributed by atoms with Gasteiger partial charge in [-0.3, -0.25) is 9.59 Å². The van der Waals surface area contributed by atoms with E-state index in [1.807, 2.05) is 6.92 Å². The molecule has 0 bridgehead atoms. The Labute approximate surface area is 187 Å². The van der Waals surface area contributed by atoms with Gasteiger partial charge in [0.2, 0.25) is 15.9 Å². The lowest BCUT2D eigenvalue weighted by Crippen LogP contribution is -2.40. The van der Waals surface area contributed by atoms with Crippen molar-refractivity contribution in [1.82, 2.24) is 9.62 Å². The Hall–Kier alpha value is -2.59. The Morgan fingerprint density at radius 1 is 1.22 bits per heavy atom. The van der Waals surface area contributed by atoms with Gasteiger partial charge in [0.05, 0.1) is 23.1 Å². The summed E-state index contributed by atoms with van der Waals surface area (Å²) >= 11 is 0. The molecule has 2 fully saturated rings. The van der Waals surface area contributed by atoms with Crippen molar-refractivity contribution in [3.05, 3.63) is 59.7 Å². The number of carbonyl (C=O) groups is 2. The lowest BCUT2D eigenvalue weighted by atomic mass is 10.0. The molecule has 4 rings (SSSR count). The second-order valence-electron chi connectivity index (χ2n) is 8.28. The monoisotopic (exact) mass is 456 g/mol. The van der Waals surface area contributed by atoms with Crippen molar-refractivity contribution in [3.63, 3.8) is 0 Å². The summed E-state index contributed by atoms with van der Waals surface area (Å²) in [5.74, 6) is -0.640. The molecule has 2 aliphatic heterocycles. The van der Waals surface area contributed by atoms with Crippen molar-refractivity contribution in [2.75, 3.05) is 18.4 Å². The minimum Gasteiger partial charge on any atom is -0.392 e. The zero-order chi connectivity index (χ0) is 22.9. The summed E-state index contributed by atoms with van der Waals surface area (Å²) in [6, 6.07) is 12.8. The maximum Gasteiger partial charge on any atom is 0.243 e. The molecule has 3 N–H and O–H groups in total. The summed E-state index contributed by atoms with van der Waals surface area (Å²) in [6.45, 7) is 2.52. The van der Waals surface area contributed by atoms with E-state index < -0.39 is 28.2 Å². The molecule has 2 aromatic rings. The largest absolute Gasteiger partial charge is 0.392 e. The molecule has 2 aliphatic rings. The number of aryl methyl sites for hydroxylation is 1. The standard InChI is InChI=1S/C23H26N3O5S/c1-15-7-9-19(10-8-15)32(30,31)26-11-3-6-21(26)22(28)16-4-2-5-17(12-16)25-23(29)20-13-18(27)14-24-20/h2,5,7-10,12,18,20-21,24,27H,3,6,11,13-14H2,1H3,(H,25,29)/t18?,20-,21-/m0/s1. The van der Waals surface area contributed by atoms with Gasteiger partial charge in [-0.2, -0.15) is 4.31 Å². The molecule has 2 aromatic carbocycles. The quantitative estimate of drug-likeness (QED) is 0.568. The molecule has 1 radical (unpaired) electrons. The predicted molar refractivity (Wildman–Crippen MR) is 119 cm³/mol. The van der Waals surface area contributed by atoms with Gasteiger partial charge in [0.1, 0.15) is 0 Å². The van der Waals surface area contributed by atoms with E-state index in [2.05, 4.69) is 16.7 Å². The highest BCUT2D eigenvalue weighted by Gasteiger charge is 2.39. The van der Waals surface area contributed by atoms with Crippen LogP contribution in [0.3, 0.4) is 0 Å². The third-order valence-corrected chi connectivity index (χ3v) is 7.82. The number of nitrogens with one attached hydrogen (secondary N) is 2. The van der Waals surface area contributed by atoms with Gasteiger partial charge in [-0.1, -0.05) is 23.8 Å². The first-order chi connectivity index (χ1) is 15.3. The number of hydrogen-bond donors (Lipinski definition) is 3. The maximum absolute atomic E-state index is 13.2. The first-order valence-electron chi connectivity index (χ1n) is 10.6. The molecule has 0 spiro atoms. The number of nitrogens with zero attached hydrogens (tertiary/aromatic N) is 1. The highest BCUT2D eigenvalue weighted by molar-refractivity contribution is 7.89. The summed E-state index contributed by atoms with van der Waals surface area (Å²) < 4.78 is 27.6. The van der Waals surface area contributed by atoms with E-state index in [1.165, 1.54) is 16.4 Å². The van der Waals surface area contributed by atoms with Crippen molar-refractivity contribution in [1.29, 1.82) is 0 Å². The Kier molecular flexibility index (Phi) is 6.43. The Morgan fingerprint density at radius 3 is 2.66 bits per heavy atom. The highest BCUT2D eigenvalue weighted by Crippen LogP contribution is 2.29. The van der Waals surface area contributed by atoms with Crippen LogP contribution in [0.2, 0.25) is 0 Å². The number of benzene rings is 2. The summed E-state index contributed by atoms with van der Waals surface area (Å²) in [4.78, 5) is 25.8. The number of Topliss-reactive ketones (excluding diaryl/α,β-unsaturated/α-hetero) is 1. The summed E-state index contributed by atoms with van der Waals surface area (Å²) in [7, 11) is -3.81. The SMILES string of the molecule is Cc1ccc(S(=O)(=O)N2CCC[C@H]2C(=O)c2[c]ccc(NC(=O)[C@@H]3CC(O)CN3)c2)cc1. The van der Waals surface area contributed by atoms with E-state index in [9.17, 15) is 23.1 Å². The van der Waals surface area contributed by atoms with Crippen LogP contribution < -0.4 is 10.6 Å². The van der Waals surface area contributed by atoms with Gasteiger partial charge in [0.15, 0.2) is 5.78 Å². The number of carbonyl (C=O) groups excluding carboxylic acids is 2. The van der Waals surface area contributed by atoms with Crippen LogP contribution in [-0.2, 0) is 14.8 Å². The summed E-state index contributed by atoms with van der Waals surface area (Å²) in [5.41, 5.74) is 1.60. The van der Waals surface area contributed by atoms with E-state index in [0.29, 0.717) is 31.5 Å². The van der Waals surface area contributed by atoms with Crippen LogP contribution in [-0.4, -0.2) is 60.8 Å². The topological polar surface area (TPSA) is 116 Å². The number of hydrogen-bond acceptors (Lipinski definition) is 6. The fourth-order valence-corrected chi connectivity index (χ4v) is 5.80. The average molecular weight is 457 g/mol. The lowest BCUT2D eigenvalue weighted by Gasteiger charge is -2.23. The Balaban J connectivity index is 1.51. The van der Waals surface area contributed by atoms with Gasteiger partial charge < -0.3 is 15.7 Å². The molecule has 0 aromatic heterocycles. The zero-order valence-electron chi connectivity index (χ0n) is 17.7. The van der Waals surface area contributed by atoms with Crippen LogP contribution in [0.25, 0.3) is 0 Å². The Morgan fingerprint density at radius 2 is 1.97 bits per heavy atom. The molecule has 2 heterocycles. The minimum atomic E-state index is -3.81. The molecule has 8 nitrogen and oxygen atoms in total. The van der Waals surface area contributed by atoms with Crippen LogP contribution in [0.4, 0.5) is 5.69 Å². The number of sulfonamides is 1.